The van der Waals surface area contributed by atoms with Crippen molar-refractivity contribution in [2.45, 2.75) is 84.2 Å². The highest BCUT2D eigenvalue weighted by Gasteiger charge is 2.35. The van der Waals surface area contributed by atoms with Gasteiger partial charge in [-0.25, -0.2) is 4.79 Å². The number of aliphatic hydroxyl groups is 1. The van der Waals surface area contributed by atoms with E-state index in [0.29, 0.717) is 31.5 Å². The summed E-state index contributed by atoms with van der Waals surface area (Å²) in [6.07, 6.45) is 1.08. The molecule has 1 radical (unpaired) electrons. The molecule has 1 heterocycles. The summed E-state index contributed by atoms with van der Waals surface area (Å²) in [7, 11) is 1.59. The molecule has 1 aromatic rings. The van der Waals surface area contributed by atoms with E-state index < -0.39 is 16.8 Å². The second-order valence-electron chi connectivity index (χ2n) is 10.1. The highest BCUT2D eigenvalue weighted by Crippen LogP contribution is 2.24. The van der Waals surface area contributed by atoms with Crippen molar-refractivity contribution in [2.24, 2.45) is 0 Å². The lowest BCUT2D eigenvalue weighted by molar-refractivity contribution is -0.0893. The molecule has 31 heavy (non-hydrogen) atoms. The van der Waals surface area contributed by atoms with Gasteiger partial charge in [-0.2, -0.15) is 0 Å². The minimum Gasteiger partial charge on any atom is -0.444 e. The molecule has 7 nitrogen and oxygen atoms in total. The molecule has 1 aromatic carbocycles. The fourth-order valence-corrected chi connectivity index (χ4v) is 2.87. The summed E-state index contributed by atoms with van der Waals surface area (Å²) in [4.78, 5) is 26.4. The van der Waals surface area contributed by atoms with Crippen LogP contribution in [0.1, 0.15) is 71.7 Å². The van der Waals surface area contributed by atoms with Crippen LogP contribution in [0, 0.1) is 0 Å². The Morgan fingerprint density at radius 2 is 1.58 bits per heavy atom. The van der Waals surface area contributed by atoms with Crippen LogP contribution in [0.5, 0.6) is 0 Å². The molecule has 2 amide bonds. The van der Waals surface area contributed by atoms with E-state index in [2.05, 4.69) is 5.32 Å². The molecule has 8 heteroatoms. The van der Waals surface area contributed by atoms with Crippen LogP contribution in [0.4, 0.5) is 4.79 Å². The predicted octanol–water partition coefficient (Wildman–Crippen LogP) is 2.63. The lowest BCUT2D eigenvalue weighted by Gasteiger charge is -2.37. The highest BCUT2D eigenvalue weighted by atomic mass is 16.6. The number of rotatable bonds is 6. The predicted molar refractivity (Wildman–Crippen MR) is 122 cm³/mol. The summed E-state index contributed by atoms with van der Waals surface area (Å²) in [6.45, 7) is 13.7. The van der Waals surface area contributed by atoms with Crippen LogP contribution in [-0.4, -0.2) is 65.4 Å². The van der Waals surface area contributed by atoms with Crippen LogP contribution in [0.15, 0.2) is 24.3 Å². The Labute approximate surface area is 186 Å². The van der Waals surface area contributed by atoms with Gasteiger partial charge < -0.3 is 24.7 Å². The van der Waals surface area contributed by atoms with Crippen LogP contribution < -0.4 is 10.8 Å². The number of carbonyl (C=O) groups excluding carboxylic acids is 2. The van der Waals surface area contributed by atoms with Gasteiger partial charge in [-0.05, 0) is 73.4 Å². The number of hydrogen-bond acceptors (Lipinski definition) is 5. The van der Waals surface area contributed by atoms with E-state index in [4.69, 9.17) is 9.39 Å². The van der Waals surface area contributed by atoms with Crippen molar-refractivity contribution >= 4 is 24.9 Å². The van der Waals surface area contributed by atoms with Crippen LogP contribution >= 0.6 is 0 Å². The average Bonchev–Trinajstić information content (AvgIpc) is 2.65. The van der Waals surface area contributed by atoms with E-state index in [1.54, 1.807) is 50.5 Å². The maximum Gasteiger partial charge on any atom is 0.410 e. The zero-order chi connectivity index (χ0) is 23.4. The second-order valence-corrected chi connectivity index (χ2v) is 10.1. The number of carbonyl (C=O) groups is 2. The molecule has 1 saturated heterocycles. The molecule has 0 saturated carbocycles. The number of nitrogens with zero attached hydrogens (tertiary/aromatic N) is 1. The quantitative estimate of drug-likeness (QED) is 0.677. The van der Waals surface area contributed by atoms with Gasteiger partial charge in [-0.1, -0.05) is 17.6 Å². The second kappa shape index (κ2) is 9.61. The summed E-state index contributed by atoms with van der Waals surface area (Å²) < 4.78 is 11.1. The van der Waals surface area contributed by atoms with Crippen LogP contribution in [0.3, 0.4) is 0 Å². The van der Waals surface area contributed by atoms with Gasteiger partial charge in [0.1, 0.15) is 5.60 Å². The van der Waals surface area contributed by atoms with Crippen molar-refractivity contribution in [3.63, 3.8) is 0 Å². The third-order valence-electron chi connectivity index (χ3n) is 5.62. The Balaban J connectivity index is 1.82. The Kier molecular flexibility index (Phi) is 7.82. The van der Waals surface area contributed by atoms with Crippen LogP contribution in [0.25, 0.3) is 0 Å². The maximum absolute atomic E-state index is 12.6. The van der Waals surface area contributed by atoms with Crippen molar-refractivity contribution in [2.75, 3.05) is 13.1 Å². The molecule has 2 N–H and O–H groups in total. The van der Waals surface area contributed by atoms with E-state index in [1.165, 1.54) is 0 Å². The number of benzene rings is 1. The maximum atomic E-state index is 12.6. The Bertz CT molecular complexity index is 758. The van der Waals surface area contributed by atoms with Gasteiger partial charge in [-0.3, -0.25) is 4.79 Å². The summed E-state index contributed by atoms with van der Waals surface area (Å²) >= 11 is 0. The number of hydrogen-bond donors (Lipinski definition) is 2. The van der Waals surface area contributed by atoms with E-state index in [1.807, 2.05) is 34.6 Å². The van der Waals surface area contributed by atoms with E-state index in [9.17, 15) is 14.7 Å². The van der Waals surface area contributed by atoms with Gasteiger partial charge in [0.25, 0.3) is 5.91 Å². The molecule has 0 aromatic heterocycles. The van der Waals surface area contributed by atoms with Crippen molar-refractivity contribution < 1.29 is 24.1 Å². The zero-order valence-corrected chi connectivity index (χ0v) is 19.8. The first-order valence-electron chi connectivity index (χ1n) is 10.8. The van der Waals surface area contributed by atoms with Gasteiger partial charge in [0, 0.05) is 24.7 Å². The largest absolute Gasteiger partial charge is 0.444 e. The molecule has 0 spiro atoms. The van der Waals surface area contributed by atoms with Gasteiger partial charge in [-0.15, -0.1) is 0 Å². The molecule has 171 valence electrons. The Morgan fingerprint density at radius 1 is 1.03 bits per heavy atom. The smallest absolute Gasteiger partial charge is 0.410 e. The van der Waals surface area contributed by atoms with E-state index in [0.717, 1.165) is 5.46 Å². The van der Waals surface area contributed by atoms with Gasteiger partial charge in [0.05, 0.1) is 11.2 Å². The summed E-state index contributed by atoms with van der Waals surface area (Å²) in [5, 5.41) is 13.2. The summed E-state index contributed by atoms with van der Waals surface area (Å²) in [5.74, 6) is -0.139. The molecule has 1 fully saturated rings. The molecule has 0 aliphatic carbocycles. The standard InChI is InChI=1S/C23H36BN2O5/c1-21(2,3)30-20(28)26-14-12-18(13-15-26)25-19(27)16-8-10-17(11-9-16)24-31-23(6,7)22(4,5)29/h8-11,18,29H,12-15H2,1-7H3,(H,25,27). The topological polar surface area (TPSA) is 88.1 Å². The van der Waals surface area contributed by atoms with Crippen molar-refractivity contribution in [3.05, 3.63) is 29.8 Å². The molecule has 1 aliphatic heterocycles. The summed E-state index contributed by atoms with van der Waals surface area (Å²) in [5.41, 5.74) is -0.895. The van der Waals surface area contributed by atoms with Gasteiger partial charge in [0.15, 0.2) is 0 Å². The highest BCUT2D eigenvalue weighted by molar-refractivity contribution is 6.47. The molecule has 0 unspecified atom stereocenters. The number of likely N-dealkylation sites (tertiary alicyclic amines) is 1. The third-order valence-corrected chi connectivity index (χ3v) is 5.62. The van der Waals surface area contributed by atoms with E-state index >= 15 is 0 Å². The van der Waals surface area contributed by atoms with Crippen molar-refractivity contribution in [1.29, 1.82) is 0 Å². The third kappa shape index (κ3) is 7.54. The first kappa shape index (κ1) is 25.2. The number of piperidine rings is 1. The molecule has 0 bridgehead atoms. The molecular formula is C23H36BN2O5. The number of nitrogens with one attached hydrogen (secondary N) is 1. The fourth-order valence-electron chi connectivity index (χ4n) is 2.87. The molecular weight excluding hydrogens is 395 g/mol. The molecule has 2 rings (SSSR count). The van der Waals surface area contributed by atoms with Crippen LogP contribution in [-0.2, 0) is 9.39 Å². The minimum atomic E-state index is -0.998. The lowest BCUT2D eigenvalue weighted by Crippen LogP contribution is -2.49. The lowest BCUT2D eigenvalue weighted by atomic mass is 9.82. The molecule has 0 atom stereocenters. The first-order chi connectivity index (χ1) is 14.2. The monoisotopic (exact) mass is 431 g/mol. The number of amides is 2. The SMILES string of the molecule is CC(C)(C)OC(=O)N1CCC(NC(=O)c2ccc([B]OC(C)(C)C(C)(C)O)cc2)CC1. The normalized spacial score (nSPS) is 16.1. The van der Waals surface area contributed by atoms with Crippen LogP contribution in [0.2, 0.25) is 0 Å². The zero-order valence-electron chi connectivity index (χ0n) is 19.8. The molecule has 1 aliphatic rings. The van der Waals surface area contributed by atoms with E-state index in [-0.39, 0.29) is 18.0 Å². The summed E-state index contributed by atoms with van der Waals surface area (Å²) in [6, 6.07) is 7.13. The Hall–Kier alpha value is -2.06. The number of ether oxygens (including phenoxy) is 1. The minimum absolute atomic E-state index is 0.0216. The van der Waals surface area contributed by atoms with Crippen molar-refractivity contribution in [1.82, 2.24) is 10.2 Å². The Morgan fingerprint density at radius 3 is 2.06 bits per heavy atom. The fraction of sp³-hybridized carbons (Fsp3) is 0.652. The van der Waals surface area contributed by atoms with Gasteiger partial charge >= 0.3 is 13.6 Å². The average molecular weight is 431 g/mol. The first-order valence-corrected chi connectivity index (χ1v) is 10.8. The van der Waals surface area contributed by atoms with Gasteiger partial charge in [0.2, 0.25) is 0 Å². The van der Waals surface area contributed by atoms with Crippen molar-refractivity contribution in [3.8, 4) is 0 Å².